The molecular weight excluding hydrogens is 277 g/mol. The second kappa shape index (κ2) is 6.86. The highest BCUT2D eigenvalue weighted by Gasteiger charge is 2.21. The van der Waals surface area contributed by atoms with Crippen LogP contribution in [0.1, 0.15) is 37.4 Å². The second-order valence-corrected chi connectivity index (χ2v) is 5.06. The Morgan fingerprint density at radius 3 is 2.80 bits per heavy atom. The second-order valence-electron chi connectivity index (χ2n) is 4.65. The highest BCUT2D eigenvalue weighted by atomic mass is 35.5. The van der Waals surface area contributed by atoms with Crippen LogP contribution in [0.4, 0.5) is 4.39 Å². The largest absolute Gasteiger partial charge is 0.306 e. The Kier molecular flexibility index (Phi) is 5.15. The van der Waals surface area contributed by atoms with Crippen LogP contribution in [0.3, 0.4) is 0 Å². The molecule has 0 radical (unpaired) electrons. The summed E-state index contributed by atoms with van der Waals surface area (Å²) in [7, 11) is 0. The van der Waals surface area contributed by atoms with E-state index < -0.39 is 0 Å². The fraction of sp³-hybridized carbons (Fsp3) is 0.400. The minimum atomic E-state index is -0.296. The average molecular weight is 296 g/mol. The van der Waals surface area contributed by atoms with Gasteiger partial charge in [-0.25, -0.2) is 4.39 Å². The Labute approximate surface area is 123 Å². The first-order chi connectivity index (χ1) is 9.67. The molecule has 108 valence electrons. The highest BCUT2D eigenvalue weighted by molar-refractivity contribution is 6.31. The van der Waals surface area contributed by atoms with Gasteiger partial charge in [-0.3, -0.25) is 4.68 Å². The number of benzene rings is 1. The zero-order valence-corrected chi connectivity index (χ0v) is 12.5. The number of rotatable bonds is 6. The van der Waals surface area contributed by atoms with Gasteiger partial charge in [0.2, 0.25) is 0 Å². The molecule has 0 spiro atoms. The van der Waals surface area contributed by atoms with Crippen LogP contribution < -0.4 is 5.32 Å². The van der Waals surface area contributed by atoms with Crippen LogP contribution in [0.25, 0.3) is 0 Å². The summed E-state index contributed by atoms with van der Waals surface area (Å²) in [5, 5.41) is 8.04. The van der Waals surface area contributed by atoms with Gasteiger partial charge >= 0.3 is 0 Å². The van der Waals surface area contributed by atoms with Gasteiger partial charge in [-0.2, -0.15) is 5.10 Å². The molecule has 0 aliphatic heterocycles. The SMILES string of the molecule is CCCNC(c1cnn(CC)c1)c1c(F)cccc1Cl. The van der Waals surface area contributed by atoms with Crippen LogP contribution in [0, 0.1) is 5.82 Å². The van der Waals surface area contributed by atoms with Gasteiger partial charge in [0, 0.05) is 28.9 Å². The molecule has 3 nitrogen and oxygen atoms in total. The Balaban J connectivity index is 2.41. The Hall–Kier alpha value is -1.39. The number of hydrogen-bond acceptors (Lipinski definition) is 2. The summed E-state index contributed by atoms with van der Waals surface area (Å²) in [6.07, 6.45) is 4.65. The standard InChI is InChI=1S/C15H19ClFN3/c1-3-8-18-15(11-9-19-20(4-2)10-11)14-12(16)6-5-7-13(14)17/h5-7,9-10,15,18H,3-4,8H2,1-2H3. The van der Waals surface area contributed by atoms with E-state index in [9.17, 15) is 4.39 Å². The van der Waals surface area contributed by atoms with Crippen LogP contribution in [0.5, 0.6) is 0 Å². The Bertz CT molecular complexity index is 548. The fourth-order valence-electron chi connectivity index (χ4n) is 2.16. The Morgan fingerprint density at radius 2 is 2.20 bits per heavy atom. The maximum absolute atomic E-state index is 14.2. The third-order valence-electron chi connectivity index (χ3n) is 3.20. The third kappa shape index (κ3) is 3.19. The first kappa shape index (κ1) is 15.0. The van der Waals surface area contributed by atoms with E-state index in [1.54, 1.807) is 18.3 Å². The molecule has 1 aromatic heterocycles. The summed E-state index contributed by atoms with van der Waals surface area (Å²) in [6.45, 7) is 5.65. The molecule has 5 heteroatoms. The molecule has 0 fully saturated rings. The number of hydrogen-bond donors (Lipinski definition) is 1. The van der Waals surface area contributed by atoms with Crippen molar-refractivity contribution >= 4 is 11.6 Å². The van der Waals surface area contributed by atoms with Crippen LogP contribution in [0.15, 0.2) is 30.6 Å². The maximum Gasteiger partial charge on any atom is 0.129 e. The van der Waals surface area contributed by atoms with Crippen molar-refractivity contribution in [3.05, 3.63) is 52.6 Å². The van der Waals surface area contributed by atoms with E-state index in [0.29, 0.717) is 10.6 Å². The van der Waals surface area contributed by atoms with Crippen LogP contribution in [-0.4, -0.2) is 16.3 Å². The van der Waals surface area contributed by atoms with Gasteiger partial charge in [0.05, 0.1) is 12.2 Å². The summed E-state index contributed by atoms with van der Waals surface area (Å²) >= 11 is 6.19. The van der Waals surface area contributed by atoms with Crippen LogP contribution in [0.2, 0.25) is 5.02 Å². The number of aromatic nitrogens is 2. The first-order valence-electron chi connectivity index (χ1n) is 6.87. The highest BCUT2D eigenvalue weighted by Crippen LogP contribution is 2.30. The molecule has 0 saturated carbocycles. The first-order valence-corrected chi connectivity index (χ1v) is 7.24. The lowest BCUT2D eigenvalue weighted by Crippen LogP contribution is -2.24. The molecule has 1 N–H and O–H groups in total. The Morgan fingerprint density at radius 1 is 1.40 bits per heavy atom. The van der Waals surface area contributed by atoms with Crippen molar-refractivity contribution in [2.24, 2.45) is 0 Å². The minimum Gasteiger partial charge on any atom is -0.306 e. The number of aryl methyl sites for hydroxylation is 1. The molecule has 2 rings (SSSR count). The molecule has 1 aromatic carbocycles. The zero-order chi connectivity index (χ0) is 14.5. The lowest BCUT2D eigenvalue weighted by molar-refractivity contribution is 0.546. The fourth-order valence-corrected chi connectivity index (χ4v) is 2.44. The van der Waals surface area contributed by atoms with Crippen molar-refractivity contribution in [3.63, 3.8) is 0 Å². The summed E-state index contributed by atoms with van der Waals surface area (Å²) in [6, 6.07) is 4.49. The molecule has 0 amide bonds. The van der Waals surface area contributed by atoms with E-state index in [4.69, 9.17) is 11.6 Å². The van der Waals surface area contributed by atoms with Crippen molar-refractivity contribution in [1.82, 2.24) is 15.1 Å². The van der Waals surface area contributed by atoms with E-state index >= 15 is 0 Å². The van der Waals surface area contributed by atoms with Gasteiger partial charge in [0.15, 0.2) is 0 Å². The molecular formula is C15H19ClFN3. The molecule has 0 bridgehead atoms. The van der Waals surface area contributed by atoms with Crippen molar-refractivity contribution in [1.29, 1.82) is 0 Å². The van der Waals surface area contributed by atoms with Gasteiger partial charge in [-0.1, -0.05) is 24.6 Å². The van der Waals surface area contributed by atoms with Gasteiger partial charge in [0.1, 0.15) is 5.82 Å². The zero-order valence-electron chi connectivity index (χ0n) is 11.7. The van der Waals surface area contributed by atoms with E-state index in [1.165, 1.54) is 6.07 Å². The summed E-state index contributed by atoms with van der Waals surface area (Å²) < 4.78 is 16.0. The molecule has 2 aromatic rings. The summed E-state index contributed by atoms with van der Waals surface area (Å²) in [4.78, 5) is 0. The summed E-state index contributed by atoms with van der Waals surface area (Å²) in [5.74, 6) is -0.296. The maximum atomic E-state index is 14.2. The van der Waals surface area contributed by atoms with E-state index in [0.717, 1.165) is 25.1 Å². The smallest absolute Gasteiger partial charge is 0.129 e. The van der Waals surface area contributed by atoms with Gasteiger partial charge in [-0.15, -0.1) is 0 Å². The van der Waals surface area contributed by atoms with Gasteiger partial charge in [0.25, 0.3) is 0 Å². The van der Waals surface area contributed by atoms with Crippen molar-refractivity contribution < 1.29 is 4.39 Å². The number of nitrogens with zero attached hydrogens (tertiary/aromatic N) is 2. The van der Waals surface area contributed by atoms with Crippen LogP contribution in [-0.2, 0) is 6.54 Å². The van der Waals surface area contributed by atoms with Gasteiger partial charge in [-0.05, 0) is 32.0 Å². The molecule has 0 aliphatic rings. The lowest BCUT2D eigenvalue weighted by atomic mass is 10.0. The monoisotopic (exact) mass is 295 g/mol. The minimum absolute atomic E-state index is 0.274. The number of halogens is 2. The van der Waals surface area contributed by atoms with E-state index in [-0.39, 0.29) is 11.9 Å². The van der Waals surface area contributed by atoms with Gasteiger partial charge < -0.3 is 5.32 Å². The van der Waals surface area contributed by atoms with E-state index in [1.807, 2.05) is 17.8 Å². The van der Waals surface area contributed by atoms with Crippen molar-refractivity contribution in [2.75, 3.05) is 6.54 Å². The van der Waals surface area contributed by atoms with Crippen molar-refractivity contribution in [2.45, 2.75) is 32.9 Å². The molecule has 1 unspecified atom stereocenters. The molecule has 0 aliphatic carbocycles. The molecule has 1 heterocycles. The molecule has 20 heavy (non-hydrogen) atoms. The quantitative estimate of drug-likeness (QED) is 0.879. The molecule has 0 saturated heterocycles. The normalized spacial score (nSPS) is 12.6. The predicted octanol–water partition coefficient (Wildman–Crippen LogP) is 3.78. The summed E-state index contributed by atoms with van der Waals surface area (Å²) in [5.41, 5.74) is 1.41. The van der Waals surface area contributed by atoms with Crippen LogP contribution >= 0.6 is 11.6 Å². The van der Waals surface area contributed by atoms with Crippen molar-refractivity contribution in [3.8, 4) is 0 Å². The lowest BCUT2D eigenvalue weighted by Gasteiger charge is -2.19. The van der Waals surface area contributed by atoms with E-state index in [2.05, 4.69) is 17.3 Å². The average Bonchev–Trinajstić information content (AvgIpc) is 2.90. The predicted molar refractivity (Wildman–Crippen MR) is 79.4 cm³/mol. The number of nitrogens with one attached hydrogen (secondary N) is 1. The topological polar surface area (TPSA) is 29.9 Å². The third-order valence-corrected chi connectivity index (χ3v) is 3.53. The molecule has 1 atom stereocenters.